The fourth-order valence-corrected chi connectivity index (χ4v) is 8.11. The number of para-hydroxylation sites is 1. The third kappa shape index (κ3) is 5.48. The minimum atomic E-state index is -0.281. The monoisotopic (exact) mass is 698 g/mol. The van der Waals surface area contributed by atoms with Crippen molar-refractivity contribution in [2.75, 3.05) is 5.32 Å². The van der Waals surface area contributed by atoms with Gasteiger partial charge in [0.25, 0.3) is 0 Å². The van der Waals surface area contributed by atoms with Crippen LogP contribution in [0.2, 0.25) is 0 Å². The Bertz CT molecular complexity index is 2830. The third-order valence-electron chi connectivity index (χ3n) is 10.6. The van der Waals surface area contributed by atoms with Gasteiger partial charge >= 0.3 is 0 Å². The van der Waals surface area contributed by atoms with E-state index in [-0.39, 0.29) is 12.3 Å². The zero-order chi connectivity index (χ0) is 36.0. The molecule has 6 heteroatoms. The quantitative estimate of drug-likeness (QED) is 0.130. The highest BCUT2D eigenvalue weighted by Crippen LogP contribution is 2.44. The number of aromatic nitrogens is 1. The van der Waals surface area contributed by atoms with Gasteiger partial charge in [0.2, 0.25) is 5.96 Å². The summed E-state index contributed by atoms with van der Waals surface area (Å²) in [5, 5.41) is 18.4. The van der Waals surface area contributed by atoms with E-state index in [2.05, 4.69) is 172 Å². The fraction of sp³-hybridized carbons (Fsp3) is 0.0625. The fourth-order valence-electron chi connectivity index (χ4n) is 8.11. The molecule has 5 N–H and O–H groups in total. The lowest BCUT2D eigenvalue weighted by Crippen LogP contribution is -2.47. The van der Waals surface area contributed by atoms with E-state index in [0.29, 0.717) is 6.54 Å². The van der Waals surface area contributed by atoms with Gasteiger partial charge in [-0.25, -0.2) is 4.99 Å². The summed E-state index contributed by atoms with van der Waals surface area (Å²) in [4.78, 5) is 5.45. The number of aliphatic imine (C=N–C) groups is 1. The second kappa shape index (κ2) is 13.4. The van der Waals surface area contributed by atoms with Gasteiger partial charge in [0.1, 0.15) is 12.3 Å². The van der Waals surface area contributed by atoms with Crippen LogP contribution in [-0.2, 0) is 6.54 Å². The van der Waals surface area contributed by atoms with Crippen molar-refractivity contribution in [2.24, 2.45) is 10.7 Å². The predicted octanol–water partition coefficient (Wildman–Crippen LogP) is 10.8. The molecule has 54 heavy (non-hydrogen) atoms. The third-order valence-corrected chi connectivity index (χ3v) is 10.6. The van der Waals surface area contributed by atoms with Gasteiger partial charge in [0.05, 0.1) is 11.0 Å². The van der Waals surface area contributed by atoms with Gasteiger partial charge in [0.15, 0.2) is 0 Å². The Morgan fingerprint density at radius 2 is 1.26 bits per heavy atom. The van der Waals surface area contributed by atoms with E-state index >= 15 is 0 Å². The lowest BCUT2D eigenvalue weighted by molar-refractivity contribution is 0.403. The molecule has 8 aromatic carbocycles. The Labute approximate surface area is 313 Å². The van der Waals surface area contributed by atoms with E-state index in [0.717, 1.165) is 50.4 Å². The van der Waals surface area contributed by atoms with Gasteiger partial charge in [-0.3, -0.25) is 9.88 Å². The Morgan fingerprint density at radius 3 is 2.00 bits per heavy atom. The van der Waals surface area contributed by atoms with Crippen LogP contribution in [0, 0.1) is 0 Å². The highest BCUT2D eigenvalue weighted by molar-refractivity contribution is 6.31. The second-order valence-electron chi connectivity index (χ2n) is 13.9. The molecule has 2 heterocycles. The normalized spacial score (nSPS) is 15.8. The van der Waals surface area contributed by atoms with E-state index in [4.69, 9.17) is 10.7 Å². The maximum Gasteiger partial charge on any atom is 0.206 e. The van der Waals surface area contributed by atoms with Crippen molar-refractivity contribution < 1.29 is 0 Å². The maximum atomic E-state index is 6.57. The molecule has 1 aliphatic rings. The van der Waals surface area contributed by atoms with Gasteiger partial charge in [0, 0.05) is 34.1 Å². The number of anilines is 2. The second-order valence-corrected chi connectivity index (χ2v) is 13.9. The summed E-state index contributed by atoms with van der Waals surface area (Å²) in [7, 11) is 0. The number of nitrogens with one attached hydrogen (secondary N) is 3. The molecule has 6 nitrogen and oxygen atoms in total. The minimum Gasteiger partial charge on any atom is -0.355 e. The number of hydrogen-bond acceptors (Lipinski definition) is 5. The van der Waals surface area contributed by atoms with E-state index in [1.807, 2.05) is 24.3 Å². The topological polar surface area (TPSA) is 79.4 Å². The largest absolute Gasteiger partial charge is 0.355 e. The molecule has 0 amide bonds. The van der Waals surface area contributed by atoms with Crippen LogP contribution in [0.5, 0.6) is 0 Å². The van der Waals surface area contributed by atoms with Gasteiger partial charge in [-0.05, 0) is 80.4 Å². The molecule has 0 saturated carbocycles. The first kappa shape index (κ1) is 32.0. The molecular formula is C48H38N6. The van der Waals surface area contributed by atoms with Crippen molar-refractivity contribution in [3.63, 3.8) is 0 Å². The number of nitrogens with zero attached hydrogens (tertiary/aromatic N) is 2. The minimum absolute atomic E-state index is 0.187. The number of benzene rings is 8. The molecule has 10 rings (SSSR count). The summed E-state index contributed by atoms with van der Waals surface area (Å²) in [5.41, 5.74) is 16.3. The Hall–Kier alpha value is -6.73. The zero-order valence-corrected chi connectivity index (χ0v) is 29.6. The lowest BCUT2D eigenvalue weighted by Gasteiger charge is -2.32. The Morgan fingerprint density at radius 1 is 0.593 bits per heavy atom. The molecule has 0 saturated heterocycles. The van der Waals surface area contributed by atoms with Crippen LogP contribution in [0.1, 0.15) is 29.0 Å². The molecule has 2 atom stereocenters. The highest BCUT2D eigenvalue weighted by atomic mass is 15.4. The summed E-state index contributed by atoms with van der Waals surface area (Å²) >= 11 is 0. The molecule has 0 radical (unpaired) electrons. The predicted molar refractivity (Wildman–Crippen MR) is 225 cm³/mol. The summed E-state index contributed by atoms with van der Waals surface area (Å²) in [6, 6.07) is 62.2. The van der Waals surface area contributed by atoms with Crippen LogP contribution in [0.15, 0.2) is 181 Å². The summed E-state index contributed by atoms with van der Waals surface area (Å²) in [6.45, 7) is 0.383. The first-order valence-electron chi connectivity index (χ1n) is 18.5. The molecular weight excluding hydrogens is 661 g/mol. The summed E-state index contributed by atoms with van der Waals surface area (Å²) < 4.78 is 2.32. The molecule has 1 aliphatic heterocycles. The molecule has 0 bridgehead atoms. The van der Waals surface area contributed by atoms with Crippen LogP contribution in [0.3, 0.4) is 0 Å². The van der Waals surface area contributed by atoms with Crippen molar-refractivity contribution in [1.82, 2.24) is 15.2 Å². The number of hydrogen-bond donors (Lipinski definition) is 4. The molecule has 0 aliphatic carbocycles. The van der Waals surface area contributed by atoms with Crippen molar-refractivity contribution in [1.29, 1.82) is 0 Å². The summed E-state index contributed by atoms with van der Waals surface area (Å²) in [6.07, 6.45) is -0.469. The highest BCUT2D eigenvalue weighted by Gasteiger charge is 2.29. The smallest absolute Gasteiger partial charge is 0.206 e. The molecule has 9 aromatic rings. The molecule has 2 unspecified atom stereocenters. The SMILES string of the molecule is NCc1cc2c3c4c(ccc3n(C3=NC(c5ccccc5)NC(c5ccccc5)N3)c2cc1Nc1ccccc1)c(-c1ccccc1)cc1ccccc14. The van der Waals surface area contributed by atoms with Crippen LogP contribution >= 0.6 is 0 Å². The summed E-state index contributed by atoms with van der Waals surface area (Å²) in [5.74, 6) is 0.769. The van der Waals surface area contributed by atoms with Gasteiger partial charge in [-0.15, -0.1) is 0 Å². The van der Waals surface area contributed by atoms with Crippen LogP contribution in [0.25, 0.3) is 54.5 Å². The molecule has 1 aromatic heterocycles. The van der Waals surface area contributed by atoms with Gasteiger partial charge in [-0.1, -0.05) is 140 Å². The average molecular weight is 699 g/mol. The molecule has 0 fully saturated rings. The maximum absolute atomic E-state index is 6.57. The first-order chi connectivity index (χ1) is 26.7. The Kier molecular flexibility index (Phi) is 7.90. The molecule has 260 valence electrons. The number of rotatable bonds is 6. The standard InChI is InChI=1S/C48H38N6/c49-30-35-28-40-43(29-41(35)50-36-22-11-4-12-23-36)54(48-52-46(32-17-7-2-8-18-32)51-47(53-48)33-19-9-3-10-20-33)42-26-25-38-39(31-15-5-1-6-16-31)27-34-21-13-14-24-37(34)44(38)45(40)42/h1-29,46-47,50-51H,30,49H2,(H,52,53). The Balaban J connectivity index is 1.31. The molecule has 0 spiro atoms. The van der Waals surface area contributed by atoms with Gasteiger partial charge in [-0.2, -0.15) is 0 Å². The zero-order valence-electron chi connectivity index (χ0n) is 29.6. The number of fused-ring (bicyclic) bond motifs is 7. The van der Waals surface area contributed by atoms with Gasteiger partial charge < -0.3 is 16.4 Å². The van der Waals surface area contributed by atoms with E-state index in [1.165, 1.54) is 38.1 Å². The van der Waals surface area contributed by atoms with E-state index < -0.39 is 0 Å². The lowest BCUT2D eigenvalue weighted by atomic mass is 9.90. The van der Waals surface area contributed by atoms with E-state index in [1.54, 1.807) is 0 Å². The number of nitrogens with two attached hydrogens (primary N) is 1. The van der Waals surface area contributed by atoms with Crippen LogP contribution in [-0.4, -0.2) is 10.5 Å². The van der Waals surface area contributed by atoms with Crippen molar-refractivity contribution in [2.45, 2.75) is 18.9 Å². The van der Waals surface area contributed by atoms with Crippen molar-refractivity contribution >= 4 is 60.7 Å². The first-order valence-corrected chi connectivity index (χ1v) is 18.5. The van der Waals surface area contributed by atoms with Crippen LogP contribution in [0.4, 0.5) is 11.4 Å². The van der Waals surface area contributed by atoms with Crippen molar-refractivity contribution in [3.05, 3.63) is 193 Å². The van der Waals surface area contributed by atoms with E-state index in [9.17, 15) is 0 Å². The van der Waals surface area contributed by atoms with Crippen LogP contribution < -0.4 is 21.7 Å². The van der Waals surface area contributed by atoms with Crippen molar-refractivity contribution in [3.8, 4) is 11.1 Å². The average Bonchev–Trinajstić information content (AvgIpc) is 3.57.